The number of benzene rings is 1. The SMILES string of the molecule is CC(C)CC(CO)NC(C)c1cccc(F)c1F. The number of hydrogen-bond donors (Lipinski definition) is 2. The second kappa shape index (κ2) is 6.81. The van der Waals surface area contributed by atoms with Gasteiger partial charge in [-0.05, 0) is 25.3 Å². The summed E-state index contributed by atoms with van der Waals surface area (Å²) in [6.45, 7) is 5.86. The Bertz CT molecular complexity index is 382. The van der Waals surface area contributed by atoms with Gasteiger partial charge in [-0.15, -0.1) is 0 Å². The van der Waals surface area contributed by atoms with Gasteiger partial charge in [-0.3, -0.25) is 0 Å². The third-order valence-electron chi connectivity index (χ3n) is 2.91. The molecule has 2 nitrogen and oxygen atoms in total. The van der Waals surface area contributed by atoms with E-state index in [1.807, 2.05) is 0 Å². The van der Waals surface area contributed by atoms with Crippen molar-refractivity contribution in [1.29, 1.82) is 0 Å². The maximum atomic E-state index is 13.6. The van der Waals surface area contributed by atoms with E-state index in [-0.39, 0.29) is 24.3 Å². The lowest BCUT2D eigenvalue weighted by Gasteiger charge is -2.23. The predicted molar refractivity (Wildman–Crippen MR) is 68.2 cm³/mol. The van der Waals surface area contributed by atoms with E-state index in [2.05, 4.69) is 19.2 Å². The zero-order valence-electron chi connectivity index (χ0n) is 11.1. The third-order valence-corrected chi connectivity index (χ3v) is 2.91. The molecule has 0 saturated carbocycles. The lowest BCUT2D eigenvalue weighted by atomic mass is 10.0. The largest absolute Gasteiger partial charge is 0.395 e. The van der Waals surface area contributed by atoms with Crippen LogP contribution < -0.4 is 5.32 Å². The summed E-state index contributed by atoms with van der Waals surface area (Å²) in [4.78, 5) is 0. The van der Waals surface area contributed by atoms with Gasteiger partial charge in [0.1, 0.15) is 0 Å². The van der Waals surface area contributed by atoms with Crippen LogP contribution in [0.5, 0.6) is 0 Å². The number of rotatable bonds is 6. The number of hydrogen-bond acceptors (Lipinski definition) is 2. The summed E-state index contributed by atoms with van der Waals surface area (Å²) >= 11 is 0. The van der Waals surface area contributed by atoms with E-state index in [4.69, 9.17) is 0 Å². The Hall–Kier alpha value is -1.00. The fourth-order valence-corrected chi connectivity index (χ4v) is 2.06. The smallest absolute Gasteiger partial charge is 0.163 e. The van der Waals surface area contributed by atoms with Crippen LogP contribution in [-0.2, 0) is 0 Å². The van der Waals surface area contributed by atoms with Crippen LogP contribution in [0.25, 0.3) is 0 Å². The minimum Gasteiger partial charge on any atom is -0.395 e. The molecule has 0 aliphatic heterocycles. The Morgan fingerprint density at radius 3 is 2.44 bits per heavy atom. The quantitative estimate of drug-likeness (QED) is 0.821. The van der Waals surface area contributed by atoms with Gasteiger partial charge in [-0.2, -0.15) is 0 Å². The molecule has 0 aliphatic rings. The molecule has 0 saturated heterocycles. The summed E-state index contributed by atoms with van der Waals surface area (Å²) in [6.07, 6.45) is 0.789. The van der Waals surface area contributed by atoms with Crippen LogP contribution in [0.3, 0.4) is 0 Å². The number of halogens is 2. The van der Waals surface area contributed by atoms with E-state index >= 15 is 0 Å². The second-order valence-corrected chi connectivity index (χ2v) is 5.04. The summed E-state index contributed by atoms with van der Waals surface area (Å²) in [5.74, 6) is -1.23. The van der Waals surface area contributed by atoms with Crippen LogP contribution in [0.4, 0.5) is 8.78 Å². The van der Waals surface area contributed by atoms with E-state index < -0.39 is 11.6 Å². The van der Waals surface area contributed by atoms with E-state index in [1.54, 1.807) is 13.0 Å². The fourth-order valence-electron chi connectivity index (χ4n) is 2.06. The highest BCUT2D eigenvalue weighted by Crippen LogP contribution is 2.20. The molecule has 18 heavy (non-hydrogen) atoms. The molecule has 1 aromatic carbocycles. The standard InChI is InChI=1S/C14H21F2NO/c1-9(2)7-11(8-18)17-10(3)12-5-4-6-13(15)14(12)16/h4-6,9-11,17-18H,7-8H2,1-3H3. The van der Waals surface area contributed by atoms with Crippen molar-refractivity contribution in [3.63, 3.8) is 0 Å². The van der Waals surface area contributed by atoms with E-state index in [0.29, 0.717) is 5.92 Å². The molecule has 4 heteroatoms. The molecular formula is C14H21F2NO. The van der Waals surface area contributed by atoms with Crippen molar-refractivity contribution < 1.29 is 13.9 Å². The summed E-state index contributed by atoms with van der Waals surface area (Å²) < 4.78 is 26.7. The summed E-state index contributed by atoms with van der Waals surface area (Å²) in [7, 11) is 0. The highest BCUT2D eigenvalue weighted by molar-refractivity contribution is 5.22. The van der Waals surface area contributed by atoms with Gasteiger partial charge in [0.15, 0.2) is 11.6 Å². The average molecular weight is 257 g/mol. The van der Waals surface area contributed by atoms with Crippen LogP contribution >= 0.6 is 0 Å². The van der Waals surface area contributed by atoms with Gasteiger partial charge in [-0.25, -0.2) is 8.78 Å². The molecule has 1 aromatic rings. The third kappa shape index (κ3) is 4.03. The first-order valence-corrected chi connectivity index (χ1v) is 6.26. The highest BCUT2D eigenvalue weighted by atomic mass is 19.2. The molecule has 0 radical (unpaired) electrons. The highest BCUT2D eigenvalue weighted by Gasteiger charge is 2.18. The van der Waals surface area contributed by atoms with E-state index in [1.165, 1.54) is 6.07 Å². The normalized spacial score (nSPS) is 14.8. The maximum absolute atomic E-state index is 13.6. The number of nitrogens with one attached hydrogen (secondary N) is 1. The van der Waals surface area contributed by atoms with Gasteiger partial charge in [0.05, 0.1) is 6.61 Å². The van der Waals surface area contributed by atoms with Crippen molar-refractivity contribution in [3.8, 4) is 0 Å². The van der Waals surface area contributed by atoms with Crippen LogP contribution in [0.1, 0.15) is 38.8 Å². The number of aliphatic hydroxyl groups excluding tert-OH is 1. The molecule has 1 rings (SSSR count). The van der Waals surface area contributed by atoms with Crippen LogP contribution in [-0.4, -0.2) is 17.8 Å². The van der Waals surface area contributed by atoms with E-state index in [0.717, 1.165) is 12.5 Å². The molecule has 102 valence electrons. The van der Waals surface area contributed by atoms with Crippen LogP contribution in [0.2, 0.25) is 0 Å². The van der Waals surface area contributed by atoms with Crippen molar-refractivity contribution in [2.45, 2.75) is 39.3 Å². The number of aliphatic hydroxyl groups is 1. The van der Waals surface area contributed by atoms with Crippen molar-refractivity contribution in [1.82, 2.24) is 5.32 Å². The van der Waals surface area contributed by atoms with Gasteiger partial charge in [0.2, 0.25) is 0 Å². The average Bonchev–Trinajstić information content (AvgIpc) is 2.31. The molecule has 0 aliphatic carbocycles. The first-order valence-electron chi connectivity index (χ1n) is 6.26. The van der Waals surface area contributed by atoms with Crippen LogP contribution in [0.15, 0.2) is 18.2 Å². The minimum atomic E-state index is -0.842. The molecule has 0 aromatic heterocycles. The molecular weight excluding hydrogens is 236 g/mol. The van der Waals surface area contributed by atoms with Crippen molar-refractivity contribution in [2.24, 2.45) is 5.92 Å². The lowest BCUT2D eigenvalue weighted by Crippen LogP contribution is -2.36. The molecule has 0 bridgehead atoms. The molecule has 0 heterocycles. The first kappa shape index (κ1) is 15.1. The molecule has 0 spiro atoms. The van der Waals surface area contributed by atoms with Gasteiger partial charge in [0.25, 0.3) is 0 Å². The molecule has 2 N–H and O–H groups in total. The molecule has 2 unspecified atom stereocenters. The Morgan fingerprint density at radius 2 is 1.89 bits per heavy atom. The van der Waals surface area contributed by atoms with Gasteiger partial charge in [0, 0.05) is 17.6 Å². The van der Waals surface area contributed by atoms with Crippen molar-refractivity contribution in [3.05, 3.63) is 35.4 Å². The van der Waals surface area contributed by atoms with Crippen molar-refractivity contribution >= 4 is 0 Å². The predicted octanol–water partition coefficient (Wildman–Crippen LogP) is 3.02. The molecule has 2 atom stereocenters. The first-order chi connectivity index (χ1) is 8.45. The van der Waals surface area contributed by atoms with Gasteiger partial charge >= 0.3 is 0 Å². The maximum Gasteiger partial charge on any atom is 0.163 e. The summed E-state index contributed by atoms with van der Waals surface area (Å²) in [5.41, 5.74) is 0.289. The zero-order chi connectivity index (χ0) is 13.7. The Morgan fingerprint density at radius 1 is 1.22 bits per heavy atom. The topological polar surface area (TPSA) is 32.3 Å². The van der Waals surface area contributed by atoms with Gasteiger partial charge < -0.3 is 10.4 Å². The molecule has 0 amide bonds. The van der Waals surface area contributed by atoms with E-state index in [9.17, 15) is 13.9 Å². The Balaban J connectivity index is 2.74. The molecule has 0 fully saturated rings. The van der Waals surface area contributed by atoms with Gasteiger partial charge in [-0.1, -0.05) is 26.0 Å². The Kier molecular flexibility index (Phi) is 5.69. The zero-order valence-corrected chi connectivity index (χ0v) is 11.1. The lowest BCUT2D eigenvalue weighted by molar-refractivity contribution is 0.214. The van der Waals surface area contributed by atoms with Crippen LogP contribution in [0, 0.1) is 17.6 Å². The second-order valence-electron chi connectivity index (χ2n) is 5.04. The minimum absolute atomic E-state index is 0.0144. The monoisotopic (exact) mass is 257 g/mol. The fraction of sp³-hybridized carbons (Fsp3) is 0.571. The Labute approximate surface area is 107 Å². The van der Waals surface area contributed by atoms with Crippen molar-refractivity contribution in [2.75, 3.05) is 6.61 Å². The summed E-state index contributed by atoms with van der Waals surface area (Å²) in [5, 5.41) is 12.4. The summed E-state index contributed by atoms with van der Waals surface area (Å²) in [6, 6.07) is 3.70.